The summed E-state index contributed by atoms with van der Waals surface area (Å²) in [6.45, 7) is 2.40. The minimum atomic E-state index is -0.920. The molecular weight excluding hydrogens is 264 g/mol. The zero-order valence-corrected chi connectivity index (χ0v) is 11.1. The van der Waals surface area contributed by atoms with E-state index in [4.69, 9.17) is 0 Å². The minimum Gasteiger partial charge on any atom is -0.502 e. The molecular formula is C13H16N2O5. The number of carbonyl (C=O) groups is 1. The van der Waals surface area contributed by atoms with E-state index in [0.717, 1.165) is 12.1 Å². The second-order valence-corrected chi connectivity index (χ2v) is 5.29. The fourth-order valence-corrected chi connectivity index (χ4v) is 2.39. The molecule has 2 rings (SSSR count). The van der Waals surface area contributed by atoms with Crippen LogP contribution in [0.5, 0.6) is 5.75 Å². The third-order valence-corrected chi connectivity index (χ3v) is 3.38. The SMILES string of the molecule is C[C@@]1(O)CCCN(C(=O)c2ccc([N+](=O)[O-])c(O)c2)C1. The number of hydrogen-bond acceptors (Lipinski definition) is 5. The van der Waals surface area contributed by atoms with Crippen molar-refractivity contribution in [1.29, 1.82) is 0 Å². The van der Waals surface area contributed by atoms with E-state index >= 15 is 0 Å². The van der Waals surface area contributed by atoms with Crippen LogP contribution in [0.2, 0.25) is 0 Å². The monoisotopic (exact) mass is 280 g/mol. The maximum absolute atomic E-state index is 12.3. The highest BCUT2D eigenvalue weighted by Gasteiger charge is 2.31. The van der Waals surface area contributed by atoms with Crippen LogP contribution in [-0.4, -0.2) is 44.6 Å². The number of β-amino-alcohol motifs (C(OH)–C–C–N with tert-alkyl or cyclic N) is 1. The van der Waals surface area contributed by atoms with Crippen molar-refractivity contribution in [3.8, 4) is 5.75 Å². The van der Waals surface area contributed by atoms with Crippen LogP contribution in [-0.2, 0) is 0 Å². The van der Waals surface area contributed by atoms with Gasteiger partial charge in [0.1, 0.15) is 0 Å². The third-order valence-electron chi connectivity index (χ3n) is 3.38. The lowest BCUT2D eigenvalue weighted by Crippen LogP contribution is -2.48. The van der Waals surface area contributed by atoms with Crippen LogP contribution in [0, 0.1) is 10.1 Å². The van der Waals surface area contributed by atoms with Crippen molar-refractivity contribution in [3.63, 3.8) is 0 Å². The molecule has 0 spiro atoms. The topological polar surface area (TPSA) is 104 Å². The van der Waals surface area contributed by atoms with E-state index in [2.05, 4.69) is 0 Å². The van der Waals surface area contributed by atoms with Gasteiger partial charge in [0.25, 0.3) is 5.91 Å². The van der Waals surface area contributed by atoms with Crippen molar-refractivity contribution >= 4 is 11.6 Å². The van der Waals surface area contributed by atoms with Gasteiger partial charge in [-0.05, 0) is 31.9 Å². The predicted octanol–water partition coefficient (Wildman–Crippen LogP) is 1.29. The molecule has 1 fully saturated rings. The molecule has 1 amide bonds. The van der Waals surface area contributed by atoms with Crippen LogP contribution in [0.15, 0.2) is 18.2 Å². The minimum absolute atomic E-state index is 0.172. The summed E-state index contributed by atoms with van der Waals surface area (Å²) in [5.41, 5.74) is -1.19. The van der Waals surface area contributed by atoms with Crippen molar-refractivity contribution in [2.45, 2.75) is 25.4 Å². The van der Waals surface area contributed by atoms with E-state index in [0.29, 0.717) is 19.4 Å². The van der Waals surface area contributed by atoms with E-state index in [-0.39, 0.29) is 18.0 Å². The normalized spacial score (nSPS) is 22.6. The molecule has 0 saturated carbocycles. The summed E-state index contributed by atoms with van der Waals surface area (Å²) >= 11 is 0. The van der Waals surface area contributed by atoms with Crippen LogP contribution < -0.4 is 0 Å². The molecule has 7 heteroatoms. The summed E-state index contributed by atoms with van der Waals surface area (Å²) in [5.74, 6) is -0.889. The first-order valence-electron chi connectivity index (χ1n) is 6.29. The highest BCUT2D eigenvalue weighted by atomic mass is 16.6. The van der Waals surface area contributed by atoms with Gasteiger partial charge in [0.2, 0.25) is 0 Å². The zero-order valence-electron chi connectivity index (χ0n) is 11.1. The Morgan fingerprint density at radius 3 is 2.75 bits per heavy atom. The number of benzene rings is 1. The number of amides is 1. The van der Waals surface area contributed by atoms with Crippen LogP contribution in [0.4, 0.5) is 5.69 Å². The highest BCUT2D eigenvalue weighted by molar-refractivity contribution is 5.95. The van der Waals surface area contributed by atoms with Gasteiger partial charge in [-0.3, -0.25) is 14.9 Å². The molecule has 7 nitrogen and oxygen atoms in total. The summed E-state index contributed by atoms with van der Waals surface area (Å²) in [4.78, 5) is 23.6. The molecule has 1 aliphatic rings. The largest absolute Gasteiger partial charge is 0.502 e. The lowest BCUT2D eigenvalue weighted by molar-refractivity contribution is -0.385. The zero-order chi connectivity index (χ0) is 14.9. The second-order valence-electron chi connectivity index (χ2n) is 5.29. The molecule has 1 aromatic carbocycles. The Balaban J connectivity index is 2.21. The molecule has 108 valence electrons. The Labute approximate surface area is 115 Å². The van der Waals surface area contributed by atoms with Gasteiger partial charge in [0, 0.05) is 24.7 Å². The quantitative estimate of drug-likeness (QED) is 0.627. The number of nitro benzene ring substituents is 1. The van der Waals surface area contributed by atoms with Crippen LogP contribution >= 0.6 is 0 Å². The Bertz CT molecular complexity index is 556. The highest BCUT2D eigenvalue weighted by Crippen LogP contribution is 2.28. The molecule has 0 aliphatic carbocycles. The maximum atomic E-state index is 12.3. The van der Waals surface area contributed by atoms with Crippen molar-refractivity contribution in [1.82, 2.24) is 4.90 Å². The molecule has 2 N–H and O–H groups in total. The third kappa shape index (κ3) is 2.88. The van der Waals surface area contributed by atoms with Gasteiger partial charge in [-0.15, -0.1) is 0 Å². The first kappa shape index (κ1) is 14.3. The number of aliphatic hydroxyl groups is 1. The van der Waals surface area contributed by atoms with Gasteiger partial charge in [0.05, 0.1) is 10.5 Å². The number of carbonyl (C=O) groups excluding carboxylic acids is 1. The van der Waals surface area contributed by atoms with Crippen LogP contribution in [0.25, 0.3) is 0 Å². The molecule has 20 heavy (non-hydrogen) atoms. The molecule has 1 atom stereocenters. The average Bonchev–Trinajstić information content (AvgIpc) is 2.36. The van der Waals surface area contributed by atoms with Gasteiger partial charge < -0.3 is 15.1 Å². The van der Waals surface area contributed by atoms with Gasteiger partial charge in [0.15, 0.2) is 5.75 Å². The number of hydrogen-bond donors (Lipinski definition) is 2. The number of rotatable bonds is 2. The molecule has 1 saturated heterocycles. The fourth-order valence-electron chi connectivity index (χ4n) is 2.39. The number of likely N-dealkylation sites (tertiary alicyclic amines) is 1. The van der Waals surface area contributed by atoms with E-state index in [1.54, 1.807) is 6.92 Å². The van der Waals surface area contributed by atoms with E-state index < -0.39 is 22.0 Å². The van der Waals surface area contributed by atoms with Crippen molar-refractivity contribution < 1.29 is 19.9 Å². The van der Waals surface area contributed by atoms with Crippen molar-refractivity contribution in [2.24, 2.45) is 0 Å². The molecule has 1 aromatic rings. The number of aromatic hydroxyl groups is 1. The Morgan fingerprint density at radius 2 is 2.20 bits per heavy atom. The number of nitrogens with zero attached hydrogens (tertiary/aromatic N) is 2. The van der Waals surface area contributed by atoms with E-state index in [9.17, 15) is 25.1 Å². The lowest BCUT2D eigenvalue weighted by Gasteiger charge is -2.36. The second kappa shape index (κ2) is 5.09. The fraction of sp³-hybridized carbons (Fsp3) is 0.462. The average molecular weight is 280 g/mol. The van der Waals surface area contributed by atoms with Crippen LogP contribution in [0.3, 0.4) is 0 Å². The molecule has 0 radical (unpaired) electrons. The summed E-state index contributed by atoms with van der Waals surface area (Å²) in [5, 5.41) is 30.1. The van der Waals surface area contributed by atoms with Crippen molar-refractivity contribution in [3.05, 3.63) is 33.9 Å². The maximum Gasteiger partial charge on any atom is 0.310 e. The smallest absolute Gasteiger partial charge is 0.310 e. The van der Waals surface area contributed by atoms with Gasteiger partial charge in [-0.25, -0.2) is 0 Å². The number of phenols is 1. The van der Waals surface area contributed by atoms with Gasteiger partial charge in [-0.1, -0.05) is 0 Å². The summed E-state index contributed by atoms with van der Waals surface area (Å²) in [6.07, 6.45) is 1.32. The Morgan fingerprint density at radius 1 is 1.50 bits per heavy atom. The summed E-state index contributed by atoms with van der Waals surface area (Å²) < 4.78 is 0. The number of phenolic OH excluding ortho intramolecular Hbond substituents is 1. The summed E-state index contributed by atoms with van der Waals surface area (Å²) in [7, 11) is 0. The molecule has 1 heterocycles. The molecule has 0 bridgehead atoms. The van der Waals surface area contributed by atoms with E-state index in [1.807, 2.05) is 0 Å². The molecule has 0 unspecified atom stereocenters. The number of nitro groups is 1. The van der Waals surface area contributed by atoms with Crippen LogP contribution in [0.1, 0.15) is 30.1 Å². The van der Waals surface area contributed by atoms with Gasteiger partial charge in [-0.2, -0.15) is 0 Å². The molecule has 1 aliphatic heterocycles. The first-order chi connectivity index (χ1) is 9.30. The number of piperidine rings is 1. The summed E-state index contributed by atoms with van der Waals surface area (Å²) in [6, 6.07) is 3.50. The lowest BCUT2D eigenvalue weighted by atomic mass is 9.94. The first-order valence-corrected chi connectivity index (χ1v) is 6.29. The standard InChI is InChI=1S/C13H16N2O5/c1-13(18)5-2-6-14(8-13)12(17)9-3-4-10(15(19)20)11(16)7-9/h3-4,7,16,18H,2,5-6,8H2,1H3/t13-/m1/s1. The predicted molar refractivity (Wildman–Crippen MR) is 70.5 cm³/mol. The van der Waals surface area contributed by atoms with Gasteiger partial charge >= 0.3 is 5.69 Å². The molecule has 0 aromatic heterocycles. The Hall–Kier alpha value is -2.15. The Kier molecular flexibility index (Phi) is 3.63. The van der Waals surface area contributed by atoms with E-state index in [1.165, 1.54) is 11.0 Å². The van der Waals surface area contributed by atoms with Crippen molar-refractivity contribution in [2.75, 3.05) is 13.1 Å².